The van der Waals surface area contributed by atoms with E-state index in [1.807, 2.05) is 18.2 Å². The van der Waals surface area contributed by atoms with Gasteiger partial charge < -0.3 is 28.7 Å². The van der Waals surface area contributed by atoms with Crippen LogP contribution in [0, 0.1) is 0 Å². The van der Waals surface area contributed by atoms with Crippen molar-refractivity contribution in [2.24, 2.45) is 0 Å². The maximum absolute atomic E-state index is 5.34. The largest absolute Gasteiger partial charge is 1.00 e. The molecule has 0 spiro atoms. The number of aromatic nitrogens is 3. The summed E-state index contributed by atoms with van der Waals surface area (Å²) in [6.07, 6.45) is 6.55. The van der Waals surface area contributed by atoms with Crippen LogP contribution in [0.2, 0.25) is 0 Å². The highest BCUT2D eigenvalue weighted by Crippen LogP contribution is 2.16. The zero-order valence-corrected chi connectivity index (χ0v) is 14.6. The number of unbranched alkanes of at least 4 members (excludes halogenated alkanes) is 1. The maximum Gasteiger partial charge on any atom is 0.209 e. The first-order chi connectivity index (χ1) is 9.83. The fourth-order valence-electron chi connectivity index (χ4n) is 2.55. The molecule has 21 heavy (non-hydrogen) atoms. The average Bonchev–Trinajstić information content (AvgIpc) is 2.83. The Morgan fingerprint density at radius 2 is 2.19 bits per heavy atom. The van der Waals surface area contributed by atoms with Crippen LogP contribution in [0.3, 0.4) is 0 Å². The van der Waals surface area contributed by atoms with Gasteiger partial charge in [-0.15, -0.1) is 0 Å². The molecule has 0 radical (unpaired) electrons. The second kappa shape index (κ2) is 7.17. The molecule has 0 bridgehead atoms. The summed E-state index contributed by atoms with van der Waals surface area (Å²) in [5.41, 5.74) is 4.35. The van der Waals surface area contributed by atoms with E-state index in [4.69, 9.17) is 4.74 Å². The van der Waals surface area contributed by atoms with Gasteiger partial charge in [-0.3, -0.25) is 4.40 Å². The smallest absolute Gasteiger partial charge is 0.209 e. The van der Waals surface area contributed by atoms with Crippen molar-refractivity contribution in [1.29, 1.82) is 0 Å². The molecule has 0 fully saturated rings. The molecule has 0 aliphatic rings. The van der Waals surface area contributed by atoms with Crippen molar-refractivity contribution in [3.63, 3.8) is 0 Å². The van der Waals surface area contributed by atoms with Crippen molar-refractivity contribution in [3.05, 3.63) is 42.4 Å². The van der Waals surface area contributed by atoms with E-state index in [0.29, 0.717) is 6.61 Å². The van der Waals surface area contributed by atoms with E-state index in [0.717, 1.165) is 23.2 Å². The van der Waals surface area contributed by atoms with E-state index in [1.165, 1.54) is 18.5 Å². The number of fused-ring (bicyclic) bond motifs is 3. The third-order valence-corrected chi connectivity index (χ3v) is 3.59. The average molecular weight is 397 g/mol. The minimum atomic E-state index is 0. The maximum atomic E-state index is 5.34. The topological polar surface area (TPSA) is 30.4 Å². The number of methoxy groups -OCH3 is 1. The minimum absolute atomic E-state index is 0. The molecule has 0 saturated carbocycles. The van der Waals surface area contributed by atoms with Crippen molar-refractivity contribution in [3.8, 4) is 0 Å². The molecule has 0 unspecified atom stereocenters. The van der Waals surface area contributed by atoms with Gasteiger partial charge in [0.25, 0.3) is 0 Å². The normalized spacial score (nSPS) is 11.0. The Morgan fingerprint density at radius 3 is 2.95 bits per heavy atom. The van der Waals surface area contributed by atoms with Gasteiger partial charge in [-0.1, -0.05) is 19.4 Å². The summed E-state index contributed by atoms with van der Waals surface area (Å²) < 4.78 is 9.72. The second-order valence-corrected chi connectivity index (χ2v) is 5.06. The zero-order valence-electron chi connectivity index (χ0n) is 12.4. The lowest BCUT2D eigenvalue weighted by Crippen LogP contribution is -3.00. The number of ether oxygens (including phenoxy) is 1. The first-order valence-electron chi connectivity index (χ1n) is 7.11. The molecule has 4 nitrogen and oxygen atoms in total. The quantitative estimate of drug-likeness (QED) is 0.438. The number of imidazole rings is 1. The van der Waals surface area contributed by atoms with Crippen LogP contribution in [-0.4, -0.2) is 16.5 Å². The fraction of sp³-hybridized carbons (Fsp3) is 0.375. The molecule has 3 aromatic rings. The second-order valence-electron chi connectivity index (χ2n) is 5.06. The van der Waals surface area contributed by atoms with E-state index in [1.54, 1.807) is 7.11 Å². The number of pyridine rings is 2. The van der Waals surface area contributed by atoms with Gasteiger partial charge in [-0.25, -0.2) is 4.98 Å². The number of rotatable bonds is 5. The van der Waals surface area contributed by atoms with Crippen molar-refractivity contribution in [1.82, 2.24) is 9.38 Å². The molecule has 0 atom stereocenters. The molecule has 112 valence electrons. The molecule has 0 aliphatic carbocycles. The number of hydrogen-bond acceptors (Lipinski definition) is 2. The summed E-state index contributed by atoms with van der Waals surface area (Å²) in [7, 11) is 1.74. The van der Waals surface area contributed by atoms with Gasteiger partial charge in [0.05, 0.1) is 5.52 Å². The fourth-order valence-corrected chi connectivity index (χ4v) is 2.55. The van der Waals surface area contributed by atoms with Crippen LogP contribution in [0.1, 0.15) is 25.5 Å². The molecular weight excluding hydrogens is 377 g/mol. The summed E-state index contributed by atoms with van der Waals surface area (Å²) in [6.45, 7) is 3.85. The Morgan fingerprint density at radius 1 is 1.33 bits per heavy atom. The minimum Gasteiger partial charge on any atom is -1.00 e. The number of halogens is 1. The van der Waals surface area contributed by atoms with Gasteiger partial charge in [0, 0.05) is 25.8 Å². The van der Waals surface area contributed by atoms with E-state index >= 15 is 0 Å². The Hall–Kier alpha value is -1.21. The summed E-state index contributed by atoms with van der Waals surface area (Å²) in [4.78, 5) is 4.69. The Labute approximate surface area is 141 Å². The molecular formula is C16H20IN3O. The van der Waals surface area contributed by atoms with E-state index < -0.39 is 0 Å². The number of aryl methyl sites for hydroxylation is 1. The Kier molecular flexibility index (Phi) is 5.52. The predicted molar refractivity (Wildman–Crippen MR) is 78.5 cm³/mol. The SMILES string of the molecule is CCCC[n+]1cc2nc3ccccn3c2cc1COC.[I-]. The Balaban J connectivity index is 0.00000161. The van der Waals surface area contributed by atoms with Crippen LogP contribution in [0.25, 0.3) is 16.7 Å². The van der Waals surface area contributed by atoms with Gasteiger partial charge in [0.15, 0.2) is 11.7 Å². The van der Waals surface area contributed by atoms with Gasteiger partial charge in [0.1, 0.15) is 18.8 Å². The van der Waals surface area contributed by atoms with Gasteiger partial charge in [-0.2, -0.15) is 4.57 Å². The van der Waals surface area contributed by atoms with Crippen LogP contribution < -0.4 is 28.5 Å². The lowest BCUT2D eigenvalue weighted by atomic mass is 10.2. The van der Waals surface area contributed by atoms with Crippen LogP contribution in [0.5, 0.6) is 0 Å². The van der Waals surface area contributed by atoms with E-state index in [9.17, 15) is 0 Å². The van der Waals surface area contributed by atoms with Crippen LogP contribution >= 0.6 is 0 Å². The first kappa shape index (κ1) is 16.2. The summed E-state index contributed by atoms with van der Waals surface area (Å²) >= 11 is 0. The lowest BCUT2D eigenvalue weighted by Gasteiger charge is -2.03. The third-order valence-electron chi connectivity index (χ3n) is 3.59. The van der Waals surface area contributed by atoms with Crippen LogP contribution in [-0.2, 0) is 17.9 Å². The molecule has 0 saturated heterocycles. The molecule has 0 N–H and O–H groups in total. The molecule has 5 heteroatoms. The van der Waals surface area contributed by atoms with Crippen LogP contribution in [0.4, 0.5) is 0 Å². The highest BCUT2D eigenvalue weighted by Gasteiger charge is 2.15. The number of nitrogens with zero attached hydrogens (tertiary/aromatic N) is 3. The van der Waals surface area contributed by atoms with Crippen LogP contribution in [0.15, 0.2) is 36.7 Å². The van der Waals surface area contributed by atoms with Crippen molar-refractivity contribution in [2.45, 2.75) is 32.9 Å². The van der Waals surface area contributed by atoms with Gasteiger partial charge in [-0.05, 0) is 12.1 Å². The molecule has 3 heterocycles. The molecule has 3 rings (SSSR count). The summed E-state index contributed by atoms with van der Waals surface area (Å²) in [6, 6.07) is 8.27. The highest BCUT2D eigenvalue weighted by atomic mass is 127. The van der Waals surface area contributed by atoms with Gasteiger partial charge >= 0.3 is 0 Å². The molecule has 0 aromatic carbocycles. The lowest BCUT2D eigenvalue weighted by molar-refractivity contribution is -0.705. The van der Waals surface area contributed by atoms with E-state index in [-0.39, 0.29) is 24.0 Å². The monoisotopic (exact) mass is 397 g/mol. The highest BCUT2D eigenvalue weighted by molar-refractivity contribution is 5.79. The molecule has 3 aromatic heterocycles. The van der Waals surface area contributed by atoms with Crippen molar-refractivity contribution < 1.29 is 33.3 Å². The number of hydrogen-bond donors (Lipinski definition) is 0. The summed E-state index contributed by atoms with van der Waals surface area (Å²) in [5, 5.41) is 0. The molecule has 0 amide bonds. The predicted octanol–water partition coefficient (Wildman–Crippen LogP) is -0.274. The van der Waals surface area contributed by atoms with Gasteiger partial charge in [0.2, 0.25) is 5.69 Å². The van der Waals surface area contributed by atoms with Crippen molar-refractivity contribution >= 4 is 16.7 Å². The zero-order chi connectivity index (χ0) is 13.9. The summed E-state index contributed by atoms with van der Waals surface area (Å²) in [5.74, 6) is 0. The first-order valence-corrected chi connectivity index (χ1v) is 7.11. The van der Waals surface area contributed by atoms with E-state index in [2.05, 4.69) is 39.3 Å². The third kappa shape index (κ3) is 3.18. The van der Waals surface area contributed by atoms with Crippen molar-refractivity contribution in [2.75, 3.05) is 7.11 Å². The standard InChI is InChI=1S/C16H20N3O.HI/c1-3-4-8-18-11-14-15(10-13(18)12-20-2)19-9-6-5-7-16(19)17-14;/h5-7,9-11H,3-4,8,12H2,1-2H3;1H/q+1;/p-1. The molecule has 0 aliphatic heterocycles. The Bertz CT molecular complexity index is 739.